The van der Waals surface area contributed by atoms with Gasteiger partial charge >= 0.3 is 0 Å². The molecular weight excluding hydrogens is 206 g/mol. The van der Waals surface area contributed by atoms with Crippen molar-refractivity contribution in [3.8, 4) is 5.75 Å². The van der Waals surface area contributed by atoms with Crippen molar-refractivity contribution in [1.82, 2.24) is 0 Å². The minimum atomic E-state index is -0.481. The lowest BCUT2D eigenvalue weighted by Gasteiger charge is -2.02. The lowest BCUT2D eigenvalue weighted by atomic mass is 10.1. The average Bonchev–Trinajstić information content (AvgIpc) is 2.42. The molecule has 0 radical (unpaired) electrons. The molecule has 2 rings (SSSR count). The minimum Gasteiger partial charge on any atom is -0.490 e. The van der Waals surface area contributed by atoms with E-state index >= 15 is 0 Å². The molecule has 0 aliphatic carbocycles. The highest BCUT2D eigenvalue weighted by molar-refractivity contribution is 6.32. The summed E-state index contributed by atoms with van der Waals surface area (Å²) in [5.41, 5.74) is 0.803. The van der Waals surface area contributed by atoms with Gasteiger partial charge in [0.1, 0.15) is 16.9 Å². The fourth-order valence-corrected chi connectivity index (χ4v) is 1.79. The summed E-state index contributed by atoms with van der Waals surface area (Å²) in [6.45, 7) is 1.92. The third-order valence-electron chi connectivity index (χ3n) is 2.16. The Balaban J connectivity index is 2.50. The Bertz CT molecular complexity index is 405. The molecule has 0 aromatic heterocycles. The van der Waals surface area contributed by atoms with E-state index in [4.69, 9.17) is 16.3 Å². The minimum absolute atomic E-state index is 0.0527. The summed E-state index contributed by atoms with van der Waals surface area (Å²) in [7, 11) is 0. The van der Waals surface area contributed by atoms with Gasteiger partial charge in [0.25, 0.3) is 5.69 Å². The summed E-state index contributed by atoms with van der Waals surface area (Å²) in [6, 6.07) is 3.00. The normalized spacial score (nSPS) is 18.9. The van der Waals surface area contributed by atoms with Gasteiger partial charge in [-0.15, -0.1) is 0 Å². The molecule has 1 aromatic rings. The number of benzene rings is 1. The van der Waals surface area contributed by atoms with Crippen LogP contribution in [0.15, 0.2) is 12.1 Å². The van der Waals surface area contributed by atoms with Gasteiger partial charge in [0.15, 0.2) is 0 Å². The third-order valence-corrected chi connectivity index (χ3v) is 2.46. The van der Waals surface area contributed by atoms with Gasteiger partial charge in [0.05, 0.1) is 4.92 Å². The van der Waals surface area contributed by atoms with Crippen LogP contribution in [0.4, 0.5) is 5.69 Å². The smallest absolute Gasteiger partial charge is 0.288 e. The lowest BCUT2D eigenvalue weighted by molar-refractivity contribution is -0.384. The summed E-state index contributed by atoms with van der Waals surface area (Å²) in [6.07, 6.45) is 0.774. The topological polar surface area (TPSA) is 52.4 Å². The Kier molecular flexibility index (Phi) is 2.07. The Morgan fingerprint density at radius 2 is 2.36 bits per heavy atom. The van der Waals surface area contributed by atoms with Crippen molar-refractivity contribution < 1.29 is 9.66 Å². The molecule has 0 spiro atoms. The predicted molar refractivity (Wildman–Crippen MR) is 51.9 cm³/mol. The number of hydrogen-bond acceptors (Lipinski definition) is 3. The molecule has 1 aromatic carbocycles. The lowest BCUT2D eigenvalue weighted by Crippen LogP contribution is -2.05. The molecule has 14 heavy (non-hydrogen) atoms. The highest BCUT2D eigenvalue weighted by Gasteiger charge is 2.24. The molecule has 5 heteroatoms. The van der Waals surface area contributed by atoms with E-state index in [0.29, 0.717) is 12.2 Å². The Morgan fingerprint density at radius 3 is 3.00 bits per heavy atom. The van der Waals surface area contributed by atoms with E-state index < -0.39 is 4.92 Å². The molecule has 1 heterocycles. The van der Waals surface area contributed by atoms with E-state index in [0.717, 1.165) is 5.56 Å². The zero-order chi connectivity index (χ0) is 10.3. The number of nitro groups is 1. The van der Waals surface area contributed by atoms with Gasteiger partial charge in [-0.25, -0.2) is 0 Å². The molecular formula is C9H8ClNO3. The van der Waals surface area contributed by atoms with Crippen molar-refractivity contribution in [2.75, 3.05) is 0 Å². The van der Waals surface area contributed by atoms with Gasteiger partial charge in [0, 0.05) is 24.1 Å². The van der Waals surface area contributed by atoms with Gasteiger partial charge in [-0.3, -0.25) is 10.1 Å². The largest absolute Gasteiger partial charge is 0.490 e. The second kappa shape index (κ2) is 3.13. The van der Waals surface area contributed by atoms with E-state index in [9.17, 15) is 10.1 Å². The molecule has 1 atom stereocenters. The Labute approximate surface area is 85.6 Å². The molecule has 0 saturated carbocycles. The molecule has 0 amide bonds. The van der Waals surface area contributed by atoms with Crippen LogP contribution in [0.3, 0.4) is 0 Å². The first-order valence-electron chi connectivity index (χ1n) is 4.21. The van der Waals surface area contributed by atoms with E-state index in [1.807, 2.05) is 6.92 Å². The summed E-state index contributed by atoms with van der Waals surface area (Å²) < 4.78 is 5.42. The van der Waals surface area contributed by atoms with Crippen LogP contribution in [0, 0.1) is 10.1 Å². The third kappa shape index (κ3) is 1.42. The summed E-state index contributed by atoms with van der Waals surface area (Å²) in [5, 5.41) is 10.7. The fourth-order valence-electron chi connectivity index (χ4n) is 1.56. The fraction of sp³-hybridized carbons (Fsp3) is 0.333. The van der Waals surface area contributed by atoms with E-state index in [-0.39, 0.29) is 16.8 Å². The second-order valence-corrected chi connectivity index (χ2v) is 3.71. The van der Waals surface area contributed by atoms with Crippen LogP contribution in [0.5, 0.6) is 5.75 Å². The number of nitrogens with zero attached hydrogens (tertiary/aromatic N) is 1. The van der Waals surface area contributed by atoms with Crippen LogP contribution in [0.2, 0.25) is 5.02 Å². The maximum absolute atomic E-state index is 10.6. The zero-order valence-electron chi connectivity index (χ0n) is 7.49. The molecule has 1 unspecified atom stereocenters. The molecule has 0 saturated heterocycles. The maximum atomic E-state index is 10.6. The van der Waals surface area contributed by atoms with Gasteiger partial charge < -0.3 is 4.74 Å². The van der Waals surface area contributed by atoms with E-state index in [2.05, 4.69) is 0 Å². The number of fused-ring (bicyclic) bond motifs is 1. The molecule has 1 aliphatic heterocycles. The maximum Gasteiger partial charge on any atom is 0.288 e. The summed E-state index contributed by atoms with van der Waals surface area (Å²) in [5.74, 6) is 0.660. The SMILES string of the molecule is CC1Cc2cc([N+](=O)[O-])c(Cl)cc2O1. The van der Waals surface area contributed by atoms with Crippen molar-refractivity contribution in [2.45, 2.75) is 19.4 Å². The number of hydrogen-bond donors (Lipinski definition) is 0. The number of nitro benzene ring substituents is 1. The molecule has 1 aliphatic rings. The summed E-state index contributed by atoms with van der Waals surface area (Å²) in [4.78, 5) is 10.1. The highest BCUT2D eigenvalue weighted by atomic mass is 35.5. The average molecular weight is 214 g/mol. The molecule has 4 nitrogen and oxygen atoms in total. The summed E-state index contributed by atoms with van der Waals surface area (Å²) >= 11 is 5.73. The van der Waals surface area contributed by atoms with E-state index in [1.54, 1.807) is 0 Å². The molecule has 0 N–H and O–H groups in total. The number of rotatable bonds is 1. The first-order valence-corrected chi connectivity index (χ1v) is 4.59. The van der Waals surface area contributed by atoms with Crippen molar-refractivity contribution >= 4 is 17.3 Å². The van der Waals surface area contributed by atoms with E-state index in [1.165, 1.54) is 12.1 Å². The molecule has 0 bridgehead atoms. The number of halogens is 1. The predicted octanol–water partition coefficient (Wildman–Crippen LogP) is 2.57. The Morgan fingerprint density at radius 1 is 1.64 bits per heavy atom. The van der Waals surface area contributed by atoms with Crippen molar-refractivity contribution in [3.05, 3.63) is 32.8 Å². The quantitative estimate of drug-likeness (QED) is 0.532. The van der Waals surface area contributed by atoms with Crippen molar-refractivity contribution in [3.63, 3.8) is 0 Å². The zero-order valence-corrected chi connectivity index (χ0v) is 8.25. The van der Waals surface area contributed by atoms with Gasteiger partial charge in [-0.2, -0.15) is 0 Å². The van der Waals surface area contributed by atoms with Crippen LogP contribution in [-0.4, -0.2) is 11.0 Å². The van der Waals surface area contributed by atoms with Gasteiger partial charge in [-0.1, -0.05) is 11.6 Å². The molecule has 0 fully saturated rings. The monoisotopic (exact) mass is 213 g/mol. The van der Waals surface area contributed by atoms with Crippen LogP contribution in [-0.2, 0) is 6.42 Å². The standard InChI is InChI=1S/C9H8ClNO3/c1-5-2-6-3-8(11(12)13)7(10)4-9(6)14-5/h3-5H,2H2,1H3. The van der Waals surface area contributed by atoms with Crippen LogP contribution in [0.25, 0.3) is 0 Å². The van der Waals surface area contributed by atoms with Crippen LogP contribution >= 0.6 is 11.6 Å². The number of ether oxygens (including phenoxy) is 1. The first-order chi connectivity index (χ1) is 6.58. The van der Waals surface area contributed by atoms with Gasteiger partial charge in [0.2, 0.25) is 0 Å². The van der Waals surface area contributed by atoms with Gasteiger partial charge in [-0.05, 0) is 6.92 Å². The first kappa shape index (κ1) is 9.27. The Hall–Kier alpha value is -1.29. The molecule has 74 valence electrons. The van der Waals surface area contributed by atoms with Crippen molar-refractivity contribution in [2.24, 2.45) is 0 Å². The van der Waals surface area contributed by atoms with Crippen molar-refractivity contribution in [1.29, 1.82) is 0 Å². The highest BCUT2D eigenvalue weighted by Crippen LogP contribution is 2.36. The second-order valence-electron chi connectivity index (χ2n) is 3.30. The van der Waals surface area contributed by atoms with Crippen LogP contribution < -0.4 is 4.74 Å². The van der Waals surface area contributed by atoms with Crippen LogP contribution in [0.1, 0.15) is 12.5 Å².